The monoisotopic (exact) mass is 246 g/mol. The SMILES string of the molecule is CCOP(=O)(OCC)C(C)C1=CCCCC1. The van der Waals surface area contributed by atoms with Gasteiger partial charge in [0.1, 0.15) is 0 Å². The molecule has 0 amide bonds. The van der Waals surface area contributed by atoms with Gasteiger partial charge in [-0.1, -0.05) is 11.6 Å². The topological polar surface area (TPSA) is 35.5 Å². The van der Waals surface area contributed by atoms with Crippen LogP contribution in [-0.2, 0) is 13.6 Å². The third kappa shape index (κ3) is 3.44. The van der Waals surface area contributed by atoms with Crippen LogP contribution < -0.4 is 0 Å². The van der Waals surface area contributed by atoms with Gasteiger partial charge in [0, 0.05) is 0 Å². The molecule has 0 fully saturated rings. The molecule has 3 nitrogen and oxygen atoms in total. The van der Waals surface area contributed by atoms with Gasteiger partial charge >= 0.3 is 7.60 Å². The minimum absolute atomic E-state index is 0.0901. The Morgan fingerprint density at radius 3 is 2.38 bits per heavy atom. The van der Waals surface area contributed by atoms with Gasteiger partial charge in [-0.25, -0.2) is 0 Å². The molecular weight excluding hydrogens is 223 g/mol. The molecule has 0 saturated carbocycles. The summed E-state index contributed by atoms with van der Waals surface area (Å²) in [4.78, 5) is 0. The molecule has 0 aliphatic heterocycles. The molecule has 0 heterocycles. The highest BCUT2D eigenvalue weighted by molar-refractivity contribution is 7.54. The molecular formula is C12H23O3P. The molecule has 0 spiro atoms. The van der Waals surface area contributed by atoms with Crippen LogP contribution in [0.2, 0.25) is 0 Å². The van der Waals surface area contributed by atoms with Crippen LogP contribution in [0.5, 0.6) is 0 Å². The highest BCUT2D eigenvalue weighted by atomic mass is 31.2. The van der Waals surface area contributed by atoms with Crippen LogP contribution in [0.4, 0.5) is 0 Å². The standard InChI is InChI=1S/C12H23O3P/c1-4-14-16(13,15-5-2)11(3)12-9-7-6-8-10-12/h9,11H,4-8,10H2,1-3H3. The van der Waals surface area contributed by atoms with E-state index in [0.717, 1.165) is 12.8 Å². The lowest BCUT2D eigenvalue weighted by Gasteiger charge is -2.27. The van der Waals surface area contributed by atoms with E-state index in [4.69, 9.17) is 9.05 Å². The summed E-state index contributed by atoms with van der Waals surface area (Å²) in [6.45, 7) is 6.55. The highest BCUT2D eigenvalue weighted by Crippen LogP contribution is 2.56. The molecule has 94 valence electrons. The van der Waals surface area contributed by atoms with Crippen LogP contribution in [0.25, 0.3) is 0 Å². The fourth-order valence-electron chi connectivity index (χ4n) is 2.07. The number of hydrogen-bond acceptors (Lipinski definition) is 3. The fraction of sp³-hybridized carbons (Fsp3) is 0.833. The second kappa shape index (κ2) is 6.58. The molecule has 1 rings (SSSR count). The van der Waals surface area contributed by atoms with Crippen molar-refractivity contribution in [3.63, 3.8) is 0 Å². The average Bonchev–Trinajstić information content (AvgIpc) is 2.30. The Morgan fingerprint density at radius 2 is 1.94 bits per heavy atom. The Morgan fingerprint density at radius 1 is 1.31 bits per heavy atom. The van der Waals surface area contributed by atoms with E-state index >= 15 is 0 Å². The zero-order valence-electron chi connectivity index (χ0n) is 10.6. The predicted molar refractivity (Wildman–Crippen MR) is 66.9 cm³/mol. The van der Waals surface area contributed by atoms with Gasteiger partial charge in [0.15, 0.2) is 0 Å². The Hall–Kier alpha value is -0.110. The van der Waals surface area contributed by atoms with Crippen molar-refractivity contribution in [3.05, 3.63) is 11.6 Å². The number of allylic oxidation sites excluding steroid dienone is 2. The number of hydrogen-bond donors (Lipinski definition) is 0. The first-order chi connectivity index (χ1) is 7.64. The maximum Gasteiger partial charge on any atom is 0.337 e. The van der Waals surface area contributed by atoms with Gasteiger partial charge in [0.05, 0.1) is 18.9 Å². The predicted octanol–water partition coefficient (Wildman–Crippen LogP) is 4.14. The summed E-state index contributed by atoms with van der Waals surface area (Å²) in [7, 11) is -2.95. The molecule has 0 N–H and O–H groups in total. The highest BCUT2D eigenvalue weighted by Gasteiger charge is 2.34. The van der Waals surface area contributed by atoms with Crippen molar-refractivity contribution >= 4 is 7.60 Å². The van der Waals surface area contributed by atoms with Crippen molar-refractivity contribution in [2.45, 2.75) is 52.1 Å². The quantitative estimate of drug-likeness (QED) is 0.522. The van der Waals surface area contributed by atoms with E-state index in [2.05, 4.69) is 6.08 Å². The summed E-state index contributed by atoms with van der Waals surface area (Å²) in [6.07, 6.45) is 6.76. The van der Waals surface area contributed by atoms with Gasteiger partial charge in [0.25, 0.3) is 0 Å². The van der Waals surface area contributed by atoms with Crippen LogP contribution in [-0.4, -0.2) is 18.9 Å². The van der Waals surface area contributed by atoms with Crippen LogP contribution in [0, 0.1) is 0 Å². The molecule has 0 radical (unpaired) electrons. The van der Waals surface area contributed by atoms with E-state index in [1.54, 1.807) is 0 Å². The zero-order valence-corrected chi connectivity index (χ0v) is 11.5. The van der Waals surface area contributed by atoms with Crippen LogP contribution in [0.15, 0.2) is 11.6 Å². The summed E-state index contributed by atoms with van der Waals surface area (Å²) in [5.41, 5.74) is 1.16. The van der Waals surface area contributed by atoms with Crippen molar-refractivity contribution < 1.29 is 13.6 Å². The van der Waals surface area contributed by atoms with Crippen molar-refractivity contribution in [3.8, 4) is 0 Å². The van der Waals surface area contributed by atoms with Crippen molar-refractivity contribution in [2.75, 3.05) is 13.2 Å². The Labute approximate surface area is 98.7 Å². The lowest BCUT2D eigenvalue weighted by molar-refractivity contribution is 0.215. The van der Waals surface area contributed by atoms with Crippen molar-refractivity contribution in [1.82, 2.24) is 0 Å². The molecule has 1 aliphatic rings. The second-order valence-corrected chi connectivity index (χ2v) is 6.45. The van der Waals surface area contributed by atoms with E-state index in [1.165, 1.54) is 18.4 Å². The molecule has 0 aromatic heterocycles. The third-order valence-corrected chi connectivity index (χ3v) is 5.47. The molecule has 0 saturated heterocycles. The van der Waals surface area contributed by atoms with Gasteiger partial charge in [-0.2, -0.15) is 0 Å². The zero-order chi connectivity index (χ0) is 12.0. The van der Waals surface area contributed by atoms with Gasteiger partial charge in [-0.05, 0) is 46.5 Å². The summed E-state index contributed by atoms with van der Waals surface area (Å²) >= 11 is 0. The van der Waals surface area contributed by atoms with Crippen LogP contribution in [0.3, 0.4) is 0 Å². The normalized spacial score (nSPS) is 19.3. The Balaban J connectivity index is 2.77. The van der Waals surface area contributed by atoms with E-state index in [9.17, 15) is 4.57 Å². The largest absolute Gasteiger partial charge is 0.337 e. The average molecular weight is 246 g/mol. The molecule has 0 aromatic rings. The summed E-state index contributed by atoms with van der Waals surface area (Å²) < 4.78 is 23.3. The maximum absolute atomic E-state index is 12.5. The van der Waals surface area contributed by atoms with E-state index in [0.29, 0.717) is 13.2 Å². The van der Waals surface area contributed by atoms with Crippen LogP contribution >= 0.6 is 7.60 Å². The number of rotatable bonds is 6. The first-order valence-electron chi connectivity index (χ1n) is 6.21. The lowest BCUT2D eigenvalue weighted by Crippen LogP contribution is -2.14. The Bertz CT molecular complexity index is 276. The second-order valence-electron chi connectivity index (χ2n) is 4.08. The molecule has 1 atom stereocenters. The minimum atomic E-state index is -2.95. The smallest absolute Gasteiger partial charge is 0.308 e. The van der Waals surface area contributed by atoms with Crippen molar-refractivity contribution in [1.29, 1.82) is 0 Å². The van der Waals surface area contributed by atoms with Gasteiger partial charge in [-0.15, -0.1) is 0 Å². The Kier molecular flexibility index (Phi) is 5.74. The van der Waals surface area contributed by atoms with E-state index < -0.39 is 7.60 Å². The van der Waals surface area contributed by atoms with Crippen molar-refractivity contribution in [2.24, 2.45) is 0 Å². The van der Waals surface area contributed by atoms with Gasteiger partial charge in [0.2, 0.25) is 0 Å². The fourth-order valence-corrected chi connectivity index (χ4v) is 3.95. The molecule has 1 aliphatic carbocycles. The van der Waals surface area contributed by atoms with Gasteiger partial charge in [-0.3, -0.25) is 4.57 Å². The van der Waals surface area contributed by atoms with Crippen LogP contribution in [0.1, 0.15) is 46.5 Å². The summed E-state index contributed by atoms with van der Waals surface area (Å²) in [6, 6.07) is 0. The molecule has 0 aromatic carbocycles. The van der Waals surface area contributed by atoms with E-state index in [-0.39, 0.29) is 5.66 Å². The van der Waals surface area contributed by atoms with Gasteiger partial charge < -0.3 is 9.05 Å². The molecule has 0 bridgehead atoms. The molecule has 16 heavy (non-hydrogen) atoms. The summed E-state index contributed by atoms with van der Waals surface area (Å²) in [5, 5.41) is 0. The minimum Gasteiger partial charge on any atom is -0.308 e. The first kappa shape index (κ1) is 14.0. The first-order valence-corrected chi connectivity index (χ1v) is 7.83. The molecule has 1 unspecified atom stereocenters. The third-order valence-electron chi connectivity index (χ3n) is 2.96. The lowest BCUT2D eigenvalue weighted by atomic mass is 9.98. The maximum atomic E-state index is 12.5. The molecule has 4 heteroatoms. The summed E-state index contributed by atoms with van der Waals surface area (Å²) in [5.74, 6) is 0. The van der Waals surface area contributed by atoms with E-state index in [1.807, 2.05) is 20.8 Å².